The van der Waals surface area contributed by atoms with Gasteiger partial charge in [0.25, 0.3) is 0 Å². The Bertz CT molecular complexity index is 566. The van der Waals surface area contributed by atoms with E-state index in [0.717, 1.165) is 11.1 Å². The number of aryl methyl sites for hydroxylation is 1. The van der Waals surface area contributed by atoms with Gasteiger partial charge in [0.05, 0.1) is 0 Å². The van der Waals surface area contributed by atoms with Gasteiger partial charge in [-0.05, 0) is 42.3 Å². The Morgan fingerprint density at radius 2 is 1.95 bits per heavy atom. The van der Waals surface area contributed by atoms with Crippen molar-refractivity contribution in [3.8, 4) is 0 Å². The molecule has 5 nitrogen and oxygen atoms in total. The van der Waals surface area contributed by atoms with Crippen molar-refractivity contribution in [3.05, 3.63) is 53.7 Å². The maximum Gasteiger partial charge on any atom is 0.324 e. The van der Waals surface area contributed by atoms with Crippen LogP contribution >= 0.6 is 0 Å². The van der Waals surface area contributed by atoms with Gasteiger partial charge in [0.15, 0.2) is 0 Å². The Morgan fingerprint density at radius 1 is 1.21 bits per heavy atom. The molecule has 2 amide bonds. The first-order valence-electron chi connectivity index (χ1n) is 5.97. The lowest BCUT2D eigenvalue weighted by Gasteiger charge is -2.07. The molecule has 98 valence electrons. The third-order valence-corrected chi connectivity index (χ3v) is 2.60. The minimum atomic E-state index is -0.321. The zero-order chi connectivity index (χ0) is 13.7. The van der Waals surface area contributed by atoms with Gasteiger partial charge in [0.1, 0.15) is 5.82 Å². The number of carbonyl (C=O) groups is 1. The minimum Gasteiger partial charge on any atom is -0.326 e. The lowest BCUT2D eigenvalue weighted by atomic mass is 10.2. The number of pyridine rings is 1. The number of hydrogen-bond acceptors (Lipinski definition) is 3. The molecule has 0 bridgehead atoms. The Labute approximate surface area is 111 Å². The summed E-state index contributed by atoms with van der Waals surface area (Å²) in [5, 5.41) is 5.40. The molecule has 0 aliphatic heterocycles. The lowest BCUT2D eigenvalue weighted by molar-refractivity contribution is 0.262. The smallest absolute Gasteiger partial charge is 0.324 e. The van der Waals surface area contributed by atoms with Crippen molar-refractivity contribution in [3.63, 3.8) is 0 Å². The van der Waals surface area contributed by atoms with Gasteiger partial charge in [-0.15, -0.1) is 0 Å². The predicted octanol–water partition coefficient (Wildman–Crippen LogP) is 2.49. The average molecular weight is 256 g/mol. The molecule has 5 heteroatoms. The second-order valence-electron chi connectivity index (χ2n) is 4.20. The van der Waals surface area contributed by atoms with E-state index < -0.39 is 0 Å². The zero-order valence-electron chi connectivity index (χ0n) is 10.7. The highest BCUT2D eigenvalue weighted by Crippen LogP contribution is 2.10. The van der Waals surface area contributed by atoms with Gasteiger partial charge in [-0.25, -0.2) is 9.78 Å². The number of urea groups is 1. The number of amides is 2. The highest BCUT2D eigenvalue weighted by atomic mass is 16.2. The molecule has 0 saturated carbocycles. The molecule has 0 aliphatic rings. The van der Waals surface area contributed by atoms with Crippen molar-refractivity contribution >= 4 is 17.5 Å². The van der Waals surface area contributed by atoms with Gasteiger partial charge in [-0.2, -0.15) is 0 Å². The Kier molecular flexibility index (Phi) is 4.10. The fraction of sp³-hybridized carbons (Fsp3) is 0.143. The number of anilines is 2. The molecular formula is C14H16N4O. The van der Waals surface area contributed by atoms with E-state index in [1.807, 2.05) is 37.3 Å². The van der Waals surface area contributed by atoms with Crippen molar-refractivity contribution in [2.24, 2.45) is 5.73 Å². The SMILES string of the molecule is Cc1ccnc(NC(=O)Nc2ccc(CN)cc2)c1. The van der Waals surface area contributed by atoms with Gasteiger partial charge in [0.2, 0.25) is 0 Å². The van der Waals surface area contributed by atoms with Crippen molar-refractivity contribution in [2.75, 3.05) is 10.6 Å². The number of aromatic nitrogens is 1. The topological polar surface area (TPSA) is 80.0 Å². The fourth-order valence-corrected chi connectivity index (χ4v) is 1.61. The Hall–Kier alpha value is -2.40. The van der Waals surface area contributed by atoms with Gasteiger partial charge < -0.3 is 11.1 Å². The summed E-state index contributed by atoms with van der Waals surface area (Å²) in [5.74, 6) is 0.524. The quantitative estimate of drug-likeness (QED) is 0.789. The molecular weight excluding hydrogens is 240 g/mol. The maximum absolute atomic E-state index is 11.8. The van der Waals surface area contributed by atoms with Crippen LogP contribution in [-0.2, 0) is 6.54 Å². The molecule has 0 aliphatic carbocycles. The predicted molar refractivity (Wildman–Crippen MR) is 75.9 cm³/mol. The van der Waals surface area contributed by atoms with Crippen LogP contribution in [0, 0.1) is 6.92 Å². The number of benzene rings is 1. The molecule has 0 fully saturated rings. The molecule has 2 aromatic rings. The lowest BCUT2D eigenvalue weighted by Crippen LogP contribution is -2.20. The van der Waals surface area contributed by atoms with Crippen molar-refractivity contribution in [1.29, 1.82) is 0 Å². The van der Waals surface area contributed by atoms with E-state index in [2.05, 4.69) is 15.6 Å². The molecule has 0 radical (unpaired) electrons. The van der Waals surface area contributed by atoms with Gasteiger partial charge in [-0.1, -0.05) is 12.1 Å². The molecule has 1 aromatic heterocycles. The first kappa shape index (κ1) is 13.0. The number of hydrogen-bond donors (Lipinski definition) is 3. The van der Waals surface area contributed by atoms with Crippen LogP contribution in [0.4, 0.5) is 16.3 Å². The summed E-state index contributed by atoms with van der Waals surface area (Å²) in [6.45, 7) is 2.43. The second kappa shape index (κ2) is 5.97. The zero-order valence-corrected chi connectivity index (χ0v) is 10.7. The third kappa shape index (κ3) is 3.79. The summed E-state index contributed by atoms with van der Waals surface area (Å²) >= 11 is 0. The van der Waals surface area contributed by atoms with Crippen LogP contribution in [0.2, 0.25) is 0 Å². The van der Waals surface area contributed by atoms with Gasteiger partial charge >= 0.3 is 6.03 Å². The molecule has 0 saturated heterocycles. The van der Waals surface area contributed by atoms with Crippen molar-refractivity contribution < 1.29 is 4.79 Å². The van der Waals surface area contributed by atoms with Crippen LogP contribution in [0.1, 0.15) is 11.1 Å². The normalized spacial score (nSPS) is 10.0. The first-order valence-corrected chi connectivity index (χ1v) is 5.97. The molecule has 4 N–H and O–H groups in total. The Morgan fingerprint density at radius 3 is 2.58 bits per heavy atom. The standard InChI is InChI=1S/C14H16N4O/c1-10-6-7-16-13(8-10)18-14(19)17-12-4-2-11(9-15)3-5-12/h2-8H,9,15H2,1H3,(H2,16,17,18,19). The van der Waals surface area contributed by atoms with E-state index >= 15 is 0 Å². The number of nitrogens with two attached hydrogens (primary N) is 1. The van der Waals surface area contributed by atoms with E-state index in [1.165, 1.54) is 0 Å². The molecule has 0 spiro atoms. The molecule has 0 atom stereocenters. The van der Waals surface area contributed by atoms with E-state index in [1.54, 1.807) is 12.3 Å². The van der Waals surface area contributed by atoms with E-state index in [4.69, 9.17) is 5.73 Å². The number of rotatable bonds is 3. The number of nitrogens with zero attached hydrogens (tertiary/aromatic N) is 1. The summed E-state index contributed by atoms with van der Waals surface area (Å²) in [4.78, 5) is 15.8. The molecule has 19 heavy (non-hydrogen) atoms. The van der Waals surface area contributed by atoms with Crippen LogP contribution in [0.5, 0.6) is 0 Å². The van der Waals surface area contributed by atoms with E-state index in [9.17, 15) is 4.79 Å². The highest BCUT2D eigenvalue weighted by Gasteiger charge is 2.03. The summed E-state index contributed by atoms with van der Waals surface area (Å²) in [5.41, 5.74) is 8.28. The van der Waals surface area contributed by atoms with Crippen LogP contribution in [0.3, 0.4) is 0 Å². The largest absolute Gasteiger partial charge is 0.326 e. The van der Waals surface area contributed by atoms with Crippen LogP contribution < -0.4 is 16.4 Å². The monoisotopic (exact) mass is 256 g/mol. The third-order valence-electron chi connectivity index (χ3n) is 2.60. The van der Waals surface area contributed by atoms with Gasteiger partial charge in [-0.3, -0.25) is 5.32 Å². The Balaban J connectivity index is 1.97. The number of nitrogens with one attached hydrogen (secondary N) is 2. The van der Waals surface area contributed by atoms with Crippen LogP contribution in [-0.4, -0.2) is 11.0 Å². The number of carbonyl (C=O) groups excluding carboxylic acids is 1. The summed E-state index contributed by atoms with van der Waals surface area (Å²) in [6.07, 6.45) is 1.65. The summed E-state index contributed by atoms with van der Waals surface area (Å²) < 4.78 is 0. The summed E-state index contributed by atoms with van der Waals surface area (Å²) in [6, 6.07) is 10.7. The van der Waals surface area contributed by atoms with Crippen molar-refractivity contribution in [1.82, 2.24) is 4.98 Å². The highest BCUT2D eigenvalue weighted by molar-refractivity contribution is 5.99. The molecule has 1 aromatic carbocycles. The molecule has 1 heterocycles. The van der Waals surface area contributed by atoms with E-state index in [0.29, 0.717) is 18.1 Å². The maximum atomic E-state index is 11.8. The summed E-state index contributed by atoms with van der Waals surface area (Å²) in [7, 11) is 0. The second-order valence-corrected chi connectivity index (χ2v) is 4.20. The molecule has 0 unspecified atom stereocenters. The minimum absolute atomic E-state index is 0.321. The average Bonchev–Trinajstić information content (AvgIpc) is 2.39. The van der Waals surface area contributed by atoms with Crippen LogP contribution in [0.15, 0.2) is 42.6 Å². The van der Waals surface area contributed by atoms with E-state index in [-0.39, 0.29) is 6.03 Å². The van der Waals surface area contributed by atoms with Crippen LogP contribution in [0.25, 0.3) is 0 Å². The van der Waals surface area contributed by atoms with Crippen molar-refractivity contribution in [2.45, 2.75) is 13.5 Å². The molecule has 2 rings (SSSR count). The fourth-order valence-electron chi connectivity index (χ4n) is 1.61. The first-order chi connectivity index (χ1) is 9.17. The van der Waals surface area contributed by atoms with Gasteiger partial charge in [0, 0.05) is 18.4 Å².